The zero-order chi connectivity index (χ0) is 15.5. The van der Waals surface area contributed by atoms with Crippen LogP contribution in [0.5, 0.6) is 0 Å². The average molecular weight is 302 g/mol. The Balaban J connectivity index is 2.05. The highest BCUT2D eigenvalue weighted by Gasteiger charge is 2.22. The van der Waals surface area contributed by atoms with Gasteiger partial charge in [-0.25, -0.2) is 14.4 Å². The standard InChI is InChI=1S/C16H19FN4O/c1-21(2)16-19-9-13(11-3-5-12(17)6-4-11)15(20-16)14-10-18-7-8-22-14/h3-6,9,14,18H,7-8,10H2,1-2H3/t14-/m0/s1. The first-order chi connectivity index (χ1) is 10.6. The minimum absolute atomic E-state index is 0.129. The number of rotatable bonds is 3. The zero-order valence-electron chi connectivity index (χ0n) is 12.7. The SMILES string of the molecule is CN(C)c1ncc(-c2ccc(F)cc2)c([C@@H]2CNCCO2)n1. The number of ether oxygens (including phenoxy) is 1. The molecule has 0 radical (unpaired) electrons. The average Bonchev–Trinajstić information content (AvgIpc) is 2.56. The fourth-order valence-corrected chi connectivity index (χ4v) is 2.44. The molecular formula is C16H19FN4O. The number of morpholine rings is 1. The van der Waals surface area contributed by atoms with Gasteiger partial charge in [-0.2, -0.15) is 0 Å². The van der Waals surface area contributed by atoms with Crippen molar-refractivity contribution >= 4 is 5.95 Å². The second-order valence-electron chi connectivity index (χ2n) is 5.43. The third-order valence-corrected chi connectivity index (χ3v) is 3.59. The van der Waals surface area contributed by atoms with E-state index in [4.69, 9.17) is 4.74 Å². The van der Waals surface area contributed by atoms with E-state index in [0.717, 1.165) is 23.4 Å². The van der Waals surface area contributed by atoms with Crippen molar-refractivity contribution in [1.29, 1.82) is 0 Å². The lowest BCUT2D eigenvalue weighted by atomic mass is 10.0. The maximum atomic E-state index is 13.2. The van der Waals surface area contributed by atoms with Crippen molar-refractivity contribution in [3.63, 3.8) is 0 Å². The second-order valence-corrected chi connectivity index (χ2v) is 5.43. The summed E-state index contributed by atoms with van der Waals surface area (Å²) in [5, 5.41) is 3.31. The predicted molar refractivity (Wildman–Crippen MR) is 83.3 cm³/mol. The summed E-state index contributed by atoms with van der Waals surface area (Å²) in [6.45, 7) is 2.20. The van der Waals surface area contributed by atoms with Crippen LogP contribution in [0.1, 0.15) is 11.8 Å². The Morgan fingerprint density at radius 2 is 2.05 bits per heavy atom. The molecule has 2 heterocycles. The summed E-state index contributed by atoms with van der Waals surface area (Å²) in [7, 11) is 3.80. The highest BCUT2D eigenvalue weighted by Crippen LogP contribution is 2.30. The van der Waals surface area contributed by atoms with Gasteiger partial charge in [0.1, 0.15) is 11.9 Å². The Bertz CT molecular complexity index is 639. The number of aromatic nitrogens is 2. The number of nitrogens with one attached hydrogen (secondary N) is 1. The number of halogens is 1. The van der Waals surface area contributed by atoms with Crippen LogP contribution in [0.4, 0.5) is 10.3 Å². The predicted octanol–water partition coefficient (Wildman–Crippen LogP) is 2.01. The fraction of sp³-hybridized carbons (Fsp3) is 0.375. The van der Waals surface area contributed by atoms with Crippen LogP contribution in [0.3, 0.4) is 0 Å². The molecule has 3 rings (SSSR count). The van der Waals surface area contributed by atoms with Crippen molar-refractivity contribution in [2.45, 2.75) is 6.10 Å². The molecule has 1 N–H and O–H groups in total. The van der Waals surface area contributed by atoms with E-state index in [1.54, 1.807) is 18.3 Å². The minimum atomic E-state index is -0.258. The van der Waals surface area contributed by atoms with Crippen molar-refractivity contribution in [2.24, 2.45) is 0 Å². The van der Waals surface area contributed by atoms with Crippen LogP contribution in [0.15, 0.2) is 30.5 Å². The van der Waals surface area contributed by atoms with E-state index in [-0.39, 0.29) is 11.9 Å². The van der Waals surface area contributed by atoms with Gasteiger partial charge in [-0.1, -0.05) is 12.1 Å². The van der Waals surface area contributed by atoms with E-state index < -0.39 is 0 Å². The Kier molecular flexibility index (Phi) is 4.31. The fourth-order valence-electron chi connectivity index (χ4n) is 2.44. The van der Waals surface area contributed by atoms with Crippen molar-refractivity contribution in [1.82, 2.24) is 15.3 Å². The molecule has 1 aromatic carbocycles. The molecule has 6 heteroatoms. The first-order valence-corrected chi connectivity index (χ1v) is 7.27. The van der Waals surface area contributed by atoms with Crippen LogP contribution in [0.2, 0.25) is 0 Å². The van der Waals surface area contributed by atoms with Crippen LogP contribution in [0, 0.1) is 5.82 Å². The summed E-state index contributed by atoms with van der Waals surface area (Å²) in [6.07, 6.45) is 1.65. The highest BCUT2D eigenvalue weighted by atomic mass is 19.1. The minimum Gasteiger partial charge on any atom is -0.369 e. The van der Waals surface area contributed by atoms with Crippen molar-refractivity contribution < 1.29 is 9.13 Å². The highest BCUT2D eigenvalue weighted by molar-refractivity contribution is 5.66. The van der Waals surface area contributed by atoms with Gasteiger partial charge in [-0.05, 0) is 17.7 Å². The maximum Gasteiger partial charge on any atom is 0.225 e. The Labute approximate surface area is 129 Å². The summed E-state index contributed by atoms with van der Waals surface area (Å²) in [4.78, 5) is 10.9. The number of anilines is 1. The summed E-state index contributed by atoms with van der Waals surface area (Å²) in [5.41, 5.74) is 2.59. The van der Waals surface area contributed by atoms with Gasteiger partial charge < -0.3 is 15.0 Å². The number of hydrogen-bond acceptors (Lipinski definition) is 5. The van der Waals surface area contributed by atoms with Crippen LogP contribution < -0.4 is 10.2 Å². The largest absolute Gasteiger partial charge is 0.369 e. The van der Waals surface area contributed by atoms with Gasteiger partial charge >= 0.3 is 0 Å². The lowest BCUT2D eigenvalue weighted by Crippen LogP contribution is -2.34. The van der Waals surface area contributed by atoms with E-state index in [1.807, 2.05) is 19.0 Å². The van der Waals surface area contributed by atoms with Crippen molar-refractivity contribution in [2.75, 3.05) is 38.7 Å². The summed E-state index contributed by atoms with van der Waals surface area (Å²) in [5.74, 6) is 0.377. The van der Waals surface area contributed by atoms with E-state index in [1.165, 1.54) is 12.1 Å². The first kappa shape index (κ1) is 14.9. The van der Waals surface area contributed by atoms with E-state index >= 15 is 0 Å². The number of hydrogen-bond donors (Lipinski definition) is 1. The molecule has 5 nitrogen and oxygen atoms in total. The molecule has 1 atom stereocenters. The number of nitrogens with zero attached hydrogens (tertiary/aromatic N) is 3. The van der Waals surface area contributed by atoms with Gasteiger partial charge in [0.05, 0.1) is 12.3 Å². The molecule has 2 aromatic rings. The van der Waals surface area contributed by atoms with E-state index in [0.29, 0.717) is 19.1 Å². The molecule has 0 unspecified atom stereocenters. The van der Waals surface area contributed by atoms with Crippen LogP contribution in [0.25, 0.3) is 11.1 Å². The lowest BCUT2D eigenvalue weighted by Gasteiger charge is -2.25. The third kappa shape index (κ3) is 3.08. The molecule has 22 heavy (non-hydrogen) atoms. The van der Waals surface area contributed by atoms with Crippen molar-refractivity contribution in [3.8, 4) is 11.1 Å². The third-order valence-electron chi connectivity index (χ3n) is 3.59. The molecule has 0 saturated carbocycles. The molecule has 0 amide bonds. The van der Waals surface area contributed by atoms with E-state index in [9.17, 15) is 4.39 Å². The molecule has 1 aliphatic heterocycles. The van der Waals surface area contributed by atoms with Crippen LogP contribution in [-0.2, 0) is 4.74 Å². The topological polar surface area (TPSA) is 50.3 Å². The van der Waals surface area contributed by atoms with Crippen LogP contribution >= 0.6 is 0 Å². The number of benzene rings is 1. The van der Waals surface area contributed by atoms with Crippen molar-refractivity contribution in [3.05, 3.63) is 42.0 Å². The summed E-state index contributed by atoms with van der Waals surface area (Å²) >= 11 is 0. The second kappa shape index (κ2) is 6.37. The normalized spacial score (nSPS) is 18.2. The Morgan fingerprint density at radius 1 is 1.27 bits per heavy atom. The molecule has 0 aliphatic carbocycles. The smallest absolute Gasteiger partial charge is 0.225 e. The molecule has 0 bridgehead atoms. The van der Waals surface area contributed by atoms with Gasteiger partial charge in [0.15, 0.2) is 0 Å². The summed E-state index contributed by atoms with van der Waals surface area (Å²) in [6, 6.07) is 6.37. The first-order valence-electron chi connectivity index (χ1n) is 7.27. The molecule has 1 aromatic heterocycles. The van der Waals surface area contributed by atoms with Gasteiger partial charge in [0, 0.05) is 38.9 Å². The van der Waals surface area contributed by atoms with Gasteiger partial charge in [-0.3, -0.25) is 0 Å². The quantitative estimate of drug-likeness (QED) is 0.940. The maximum absolute atomic E-state index is 13.2. The zero-order valence-corrected chi connectivity index (χ0v) is 12.7. The lowest BCUT2D eigenvalue weighted by molar-refractivity contribution is 0.0254. The Morgan fingerprint density at radius 3 is 2.68 bits per heavy atom. The van der Waals surface area contributed by atoms with Gasteiger partial charge in [-0.15, -0.1) is 0 Å². The molecule has 1 aliphatic rings. The molecule has 1 saturated heterocycles. The molecule has 116 valence electrons. The van der Waals surface area contributed by atoms with Gasteiger partial charge in [0.2, 0.25) is 5.95 Å². The van der Waals surface area contributed by atoms with Gasteiger partial charge in [0.25, 0.3) is 0 Å². The molecular weight excluding hydrogens is 283 g/mol. The molecule has 0 spiro atoms. The van der Waals surface area contributed by atoms with E-state index in [2.05, 4.69) is 15.3 Å². The monoisotopic (exact) mass is 302 g/mol. The van der Waals surface area contributed by atoms with Crippen LogP contribution in [-0.4, -0.2) is 43.8 Å². The summed E-state index contributed by atoms with van der Waals surface area (Å²) < 4.78 is 19.0. The Hall–Kier alpha value is -2.05. The molecule has 1 fully saturated rings.